The van der Waals surface area contributed by atoms with E-state index >= 15 is 0 Å². The average molecular weight is 549 g/mol. The number of carbonyl (C=O) groups excluding carboxylic acids is 1. The van der Waals surface area contributed by atoms with Gasteiger partial charge in [-0.1, -0.05) is 48.2 Å². The Bertz CT molecular complexity index is 1520. The lowest BCUT2D eigenvalue weighted by Crippen LogP contribution is -2.35. The first-order valence-corrected chi connectivity index (χ1v) is 13.4. The van der Waals surface area contributed by atoms with Gasteiger partial charge in [-0.15, -0.1) is 0 Å². The smallest absolute Gasteiger partial charge is 0.274 e. The Kier molecular flexibility index (Phi) is 9.24. The van der Waals surface area contributed by atoms with Crippen LogP contribution in [-0.4, -0.2) is 54.4 Å². The van der Waals surface area contributed by atoms with Crippen LogP contribution in [0.25, 0.3) is 11.3 Å². The van der Waals surface area contributed by atoms with Crippen LogP contribution >= 0.6 is 0 Å². The molecule has 4 aromatic rings. The summed E-state index contributed by atoms with van der Waals surface area (Å²) in [4.78, 5) is 19.3. The topological polar surface area (TPSA) is 96.0 Å². The molecule has 0 saturated carbocycles. The highest BCUT2D eigenvalue weighted by atomic mass is 16.5. The molecule has 0 bridgehead atoms. The van der Waals surface area contributed by atoms with Crippen LogP contribution in [-0.2, 0) is 17.8 Å². The fourth-order valence-corrected chi connectivity index (χ4v) is 4.48. The number of hydrogen-bond donors (Lipinski definition) is 3. The van der Waals surface area contributed by atoms with Crippen LogP contribution in [0.15, 0.2) is 84.9 Å². The molecule has 3 aromatic carbocycles. The minimum absolute atomic E-state index is 0.288. The van der Waals surface area contributed by atoms with Gasteiger partial charge in [-0.2, -0.15) is 0 Å². The monoisotopic (exact) mass is 548 g/mol. The third kappa shape index (κ3) is 7.71. The molecule has 1 aliphatic heterocycles. The number of benzene rings is 3. The van der Waals surface area contributed by atoms with Crippen molar-refractivity contribution in [3.8, 4) is 28.8 Å². The SMILES string of the molecule is COc1ccc(CNc2cc(C(=O)NO)cc(-c3ccc(C#Cc4ccc(CN5CCOCC5)cc4)cc3)n2)cc1. The van der Waals surface area contributed by atoms with Gasteiger partial charge in [0, 0.05) is 48.4 Å². The Morgan fingerprint density at radius 2 is 1.56 bits per heavy atom. The Morgan fingerprint density at radius 1 is 0.927 bits per heavy atom. The number of nitrogens with one attached hydrogen (secondary N) is 2. The van der Waals surface area contributed by atoms with E-state index in [1.54, 1.807) is 24.7 Å². The maximum absolute atomic E-state index is 12.2. The van der Waals surface area contributed by atoms with Gasteiger partial charge in [0.25, 0.3) is 5.91 Å². The summed E-state index contributed by atoms with van der Waals surface area (Å²) in [6.07, 6.45) is 0. The zero-order valence-electron chi connectivity index (χ0n) is 22.9. The molecule has 0 aliphatic carbocycles. The second-order valence-electron chi connectivity index (χ2n) is 9.68. The standard InChI is InChI=1S/C33H32N4O4/c1-40-30-14-10-26(11-15-30)22-34-32-21-29(33(38)36-39)20-31(35-32)28-12-8-25(9-13-28)3-2-24-4-6-27(7-5-24)23-37-16-18-41-19-17-37/h4-15,20-21,39H,16-19,22-23H2,1H3,(H,34,35)(H,36,38). The number of morpholine rings is 1. The van der Waals surface area contributed by atoms with Crippen LogP contribution < -0.4 is 15.5 Å². The molecule has 0 unspecified atom stereocenters. The summed E-state index contributed by atoms with van der Waals surface area (Å²) < 4.78 is 10.6. The summed E-state index contributed by atoms with van der Waals surface area (Å²) in [6.45, 7) is 4.95. The number of pyridine rings is 1. The molecule has 0 radical (unpaired) electrons. The molecule has 5 rings (SSSR count). The van der Waals surface area contributed by atoms with Crippen molar-refractivity contribution in [3.63, 3.8) is 0 Å². The lowest BCUT2D eigenvalue weighted by atomic mass is 10.1. The number of carbonyl (C=O) groups is 1. The molecule has 0 spiro atoms. The summed E-state index contributed by atoms with van der Waals surface area (Å²) in [5.41, 5.74) is 7.53. The van der Waals surface area contributed by atoms with Crippen molar-refractivity contribution in [2.75, 3.05) is 38.7 Å². The molecule has 8 heteroatoms. The molecule has 41 heavy (non-hydrogen) atoms. The number of ether oxygens (including phenoxy) is 2. The first-order valence-electron chi connectivity index (χ1n) is 13.4. The average Bonchev–Trinajstić information content (AvgIpc) is 3.04. The summed E-state index contributed by atoms with van der Waals surface area (Å²) in [5, 5.41) is 12.5. The lowest BCUT2D eigenvalue weighted by Gasteiger charge is -2.26. The molecule has 208 valence electrons. The first-order chi connectivity index (χ1) is 20.1. The largest absolute Gasteiger partial charge is 0.497 e. The number of anilines is 1. The van der Waals surface area contributed by atoms with Gasteiger partial charge in [0.1, 0.15) is 11.6 Å². The minimum atomic E-state index is -0.611. The van der Waals surface area contributed by atoms with E-state index in [4.69, 9.17) is 14.5 Å². The van der Waals surface area contributed by atoms with Crippen molar-refractivity contribution in [2.45, 2.75) is 13.1 Å². The van der Waals surface area contributed by atoms with E-state index in [-0.39, 0.29) is 5.56 Å². The number of rotatable bonds is 8. The summed E-state index contributed by atoms with van der Waals surface area (Å²) >= 11 is 0. The molecular weight excluding hydrogens is 516 g/mol. The second kappa shape index (κ2) is 13.6. The molecule has 0 atom stereocenters. The van der Waals surface area contributed by atoms with Crippen molar-refractivity contribution in [1.82, 2.24) is 15.4 Å². The quantitative estimate of drug-likeness (QED) is 0.167. The normalized spacial score (nSPS) is 13.1. The van der Waals surface area contributed by atoms with E-state index in [0.29, 0.717) is 18.1 Å². The van der Waals surface area contributed by atoms with Gasteiger partial charge in [0.05, 0.1) is 26.0 Å². The number of methoxy groups -OCH3 is 1. The number of hydroxylamine groups is 1. The van der Waals surface area contributed by atoms with Crippen LogP contribution in [0.4, 0.5) is 5.82 Å². The van der Waals surface area contributed by atoms with E-state index in [1.807, 2.05) is 48.5 Å². The van der Waals surface area contributed by atoms with Gasteiger partial charge in [0.2, 0.25) is 0 Å². The van der Waals surface area contributed by atoms with Gasteiger partial charge < -0.3 is 14.8 Å². The van der Waals surface area contributed by atoms with Gasteiger partial charge in [-0.3, -0.25) is 14.9 Å². The number of hydrogen-bond acceptors (Lipinski definition) is 7. The number of amides is 1. The minimum Gasteiger partial charge on any atom is -0.497 e. The maximum Gasteiger partial charge on any atom is 0.274 e. The zero-order valence-corrected chi connectivity index (χ0v) is 22.9. The Labute approximate surface area is 239 Å². The number of nitrogens with zero attached hydrogens (tertiary/aromatic N) is 2. The molecule has 1 saturated heterocycles. The van der Waals surface area contributed by atoms with Crippen LogP contribution in [0.3, 0.4) is 0 Å². The van der Waals surface area contributed by atoms with Crippen LogP contribution in [0.2, 0.25) is 0 Å². The maximum atomic E-state index is 12.2. The fourth-order valence-electron chi connectivity index (χ4n) is 4.48. The number of aromatic nitrogens is 1. The molecule has 1 aliphatic rings. The van der Waals surface area contributed by atoms with Crippen LogP contribution in [0.1, 0.15) is 32.6 Å². The predicted molar refractivity (Wildman–Crippen MR) is 158 cm³/mol. The highest BCUT2D eigenvalue weighted by Crippen LogP contribution is 2.23. The van der Waals surface area contributed by atoms with Crippen molar-refractivity contribution in [2.24, 2.45) is 0 Å². The molecule has 8 nitrogen and oxygen atoms in total. The van der Waals surface area contributed by atoms with Crippen molar-refractivity contribution in [3.05, 3.63) is 113 Å². The Morgan fingerprint density at radius 3 is 2.20 bits per heavy atom. The van der Waals surface area contributed by atoms with Crippen LogP contribution in [0, 0.1) is 11.8 Å². The van der Waals surface area contributed by atoms with Crippen LogP contribution in [0.5, 0.6) is 5.75 Å². The highest BCUT2D eigenvalue weighted by molar-refractivity contribution is 5.95. The zero-order chi connectivity index (χ0) is 28.4. The third-order valence-corrected chi connectivity index (χ3v) is 6.82. The molecular formula is C33H32N4O4. The predicted octanol–water partition coefficient (Wildman–Crippen LogP) is 4.72. The fraction of sp³-hybridized carbons (Fsp3) is 0.212. The van der Waals surface area contributed by atoms with Gasteiger partial charge in [-0.25, -0.2) is 10.5 Å². The highest BCUT2D eigenvalue weighted by Gasteiger charge is 2.12. The van der Waals surface area contributed by atoms with Gasteiger partial charge in [0.15, 0.2) is 0 Å². The summed E-state index contributed by atoms with van der Waals surface area (Å²) in [5.74, 6) is 7.13. The molecule has 1 amide bonds. The van der Waals surface area contributed by atoms with Crippen molar-refractivity contribution in [1.29, 1.82) is 0 Å². The van der Waals surface area contributed by atoms with Crippen molar-refractivity contribution >= 4 is 11.7 Å². The summed E-state index contributed by atoms with van der Waals surface area (Å²) in [7, 11) is 1.63. The molecule has 1 aromatic heterocycles. The van der Waals surface area contributed by atoms with Crippen molar-refractivity contribution < 1.29 is 19.5 Å². The van der Waals surface area contributed by atoms with E-state index in [0.717, 1.165) is 60.9 Å². The summed E-state index contributed by atoms with van der Waals surface area (Å²) in [6, 6.07) is 27.0. The van der Waals surface area contributed by atoms with Gasteiger partial charge >= 0.3 is 0 Å². The molecule has 1 fully saturated rings. The van der Waals surface area contributed by atoms with E-state index in [9.17, 15) is 10.0 Å². The van der Waals surface area contributed by atoms with E-state index < -0.39 is 5.91 Å². The lowest BCUT2D eigenvalue weighted by molar-refractivity contribution is 0.0342. The van der Waals surface area contributed by atoms with E-state index in [2.05, 4.69) is 46.3 Å². The molecule has 3 N–H and O–H groups in total. The Balaban J connectivity index is 1.27. The Hall–Kier alpha value is -4.68. The third-order valence-electron chi connectivity index (χ3n) is 6.82. The second-order valence-corrected chi connectivity index (χ2v) is 9.68. The van der Waals surface area contributed by atoms with E-state index in [1.165, 1.54) is 5.56 Å². The molecule has 2 heterocycles. The first kappa shape index (κ1) is 27.9. The van der Waals surface area contributed by atoms with Gasteiger partial charge in [-0.05, 0) is 59.7 Å².